The van der Waals surface area contributed by atoms with Crippen molar-refractivity contribution in [3.8, 4) is 0 Å². The van der Waals surface area contributed by atoms with E-state index in [0.29, 0.717) is 22.5 Å². The van der Waals surface area contributed by atoms with Gasteiger partial charge >= 0.3 is 0 Å². The first kappa shape index (κ1) is 12.7. The van der Waals surface area contributed by atoms with Gasteiger partial charge < -0.3 is 31.3 Å². The summed E-state index contributed by atoms with van der Waals surface area (Å²) in [6.07, 6.45) is -0.476. The molecule has 0 aromatic carbocycles. The van der Waals surface area contributed by atoms with Crippen molar-refractivity contribution in [1.82, 2.24) is 9.97 Å². The summed E-state index contributed by atoms with van der Waals surface area (Å²) in [5.41, 5.74) is 6.39. The first-order valence-corrected chi connectivity index (χ1v) is 7.05. The SMILES string of the molecule is CSc1nc(N)c2c(n1)N[C@@H]1OC[C@@H](O)[C@@H](O)[C@@H]1N2. The molecule has 3 heterocycles. The number of hydrogen-bond acceptors (Lipinski definition) is 9. The van der Waals surface area contributed by atoms with E-state index in [1.165, 1.54) is 11.8 Å². The highest BCUT2D eigenvalue weighted by atomic mass is 32.2. The first-order valence-electron chi connectivity index (χ1n) is 5.82. The Morgan fingerprint density at radius 3 is 2.89 bits per heavy atom. The number of fused-ring (bicyclic) bond motifs is 2. The summed E-state index contributed by atoms with van der Waals surface area (Å²) in [4.78, 5) is 8.43. The van der Waals surface area contributed by atoms with Gasteiger partial charge in [-0.2, -0.15) is 0 Å². The molecule has 1 fully saturated rings. The number of nitrogens with zero attached hydrogens (tertiary/aromatic N) is 2. The number of nitrogen functional groups attached to an aromatic ring is 1. The fraction of sp³-hybridized carbons (Fsp3) is 0.600. The Labute approximate surface area is 113 Å². The Balaban J connectivity index is 1.95. The lowest BCUT2D eigenvalue weighted by molar-refractivity contribution is -0.121. The number of aromatic nitrogens is 2. The van der Waals surface area contributed by atoms with E-state index in [9.17, 15) is 10.2 Å². The average molecular weight is 285 g/mol. The van der Waals surface area contributed by atoms with E-state index in [1.54, 1.807) is 0 Å². The number of ether oxygens (including phenoxy) is 1. The molecule has 2 aliphatic rings. The van der Waals surface area contributed by atoms with Gasteiger partial charge in [-0.25, -0.2) is 9.97 Å². The van der Waals surface area contributed by atoms with E-state index in [2.05, 4.69) is 20.6 Å². The number of anilines is 3. The van der Waals surface area contributed by atoms with E-state index >= 15 is 0 Å². The smallest absolute Gasteiger partial charge is 0.191 e. The van der Waals surface area contributed by atoms with Gasteiger partial charge in [-0.3, -0.25) is 0 Å². The molecule has 0 amide bonds. The molecular weight excluding hydrogens is 270 g/mol. The molecule has 0 radical (unpaired) electrons. The second-order valence-electron chi connectivity index (χ2n) is 4.45. The molecular formula is C10H15N5O3S. The highest BCUT2D eigenvalue weighted by molar-refractivity contribution is 7.98. The number of thioether (sulfide) groups is 1. The van der Waals surface area contributed by atoms with Crippen molar-refractivity contribution in [2.24, 2.45) is 0 Å². The first-order chi connectivity index (χ1) is 9.10. The lowest BCUT2D eigenvalue weighted by Gasteiger charge is -2.42. The molecule has 9 heteroatoms. The van der Waals surface area contributed by atoms with Crippen LogP contribution in [0.15, 0.2) is 5.16 Å². The van der Waals surface area contributed by atoms with Gasteiger partial charge in [-0.1, -0.05) is 11.8 Å². The normalized spacial score (nSPS) is 32.8. The van der Waals surface area contributed by atoms with Crippen LogP contribution in [0.3, 0.4) is 0 Å². The van der Waals surface area contributed by atoms with Crippen molar-refractivity contribution < 1.29 is 14.9 Å². The van der Waals surface area contributed by atoms with Crippen molar-refractivity contribution in [3.63, 3.8) is 0 Å². The number of nitrogens with one attached hydrogen (secondary N) is 2. The van der Waals surface area contributed by atoms with Crippen LogP contribution in [0, 0.1) is 0 Å². The van der Waals surface area contributed by atoms with E-state index in [0.717, 1.165) is 0 Å². The zero-order valence-corrected chi connectivity index (χ0v) is 11.0. The molecule has 1 saturated heterocycles. The molecule has 0 saturated carbocycles. The van der Waals surface area contributed by atoms with Crippen molar-refractivity contribution in [1.29, 1.82) is 0 Å². The second-order valence-corrected chi connectivity index (χ2v) is 5.22. The number of hydrogen-bond donors (Lipinski definition) is 5. The van der Waals surface area contributed by atoms with Crippen molar-refractivity contribution in [3.05, 3.63) is 0 Å². The van der Waals surface area contributed by atoms with E-state index < -0.39 is 24.5 Å². The summed E-state index contributed by atoms with van der Waals surface area (Å²) in [6, 6.07) is -0.498. The molecule has 3 rings (SSSR count). The van der Waals surface area contributed by atoms with Gasteiger partial charge in [0.05, 0.1) is 12.6 Å². The van der Waals surface area contributed by atoms with Crippen LogP contribution in [0.1, 0.15) is 0 Å². The minimum absolute atomic E-state index is 0.0717. The summed E-state index contributed by atoms with van der Waals surface area (Å²) < 4.78 is 5.44. The van der Waals surface area contributed by atoms with E-state index in [-0.39, 0.29) is 6.61 Å². The topological polar surface area (TPSA) is 126 Å². The largest absolute Gasteiger partial charge is 0.388 e. The Kier molecular flexibility index (Phi) is 3.13. The third kappa shape index (κ3) is 2.08. The van der Waals surface area contributed by atoms with Gasteiger partial charge in [0, 0.05) is 0 Å². The van der Waals surface area contributed by atoms with Gasteiger partial charge in [-0.05, 0) is 6.26 Å². The Morgan fingerprint density at radius 1 is 1.37 bits per heavy atom. The second kappa shape index (κ2) is 4.67. The molecule has 0 unspecified atom stereocenters. The van der Waals surface area contributed by atoms with Crippen LogP contribution in [-0.4, -0.2) is 57.5 Å². The summed E-state index contributed by atoms with van der Waals surface area (Å²) in [6.45, 7) is 0.0717. The molecule has 6 N–H and O–H groups in total. The Bertz CT molecular complexity index is 502. The van der Waals surface area contributed by atoms with Crippen LogP contribution in [-0.2, 0) is 4.74 Å². The van der Waals surface area contributed by atoms with Crippen LogP contribution in [0.25, 0.3) is 0 Å². The predicted molar refractivity (Wildman–Crippen MR) is 71.0 cm³/mol. The lowest BCUT2D eigenvalue weighted by atomic mass is 9.99. The van der Waals surface area contributed by atoms with Gasteiger partial charge in [0.25, 0.3) is 0 Å². The number of nitrogens with two attached hydrogens (primary N) is 1. The minimum atomic E-state index is -0.945. The summed E-state index contributed by atoms with van der Waals surface area (Å²) >= 11 is 1.39. The Hall–Kier alpha value is -1.29. The van der Waals surface area contributed by atoms with Crippen LogP contribution in [0.5, 0.6) is 0 Å². The Morgan fingerprint density at radius 2 is 2.16 bits per heavy atom. The monoisotopic (exact) mass is 285 g/mol. The summed E-state index contributed by atoms with van der Waals surface area (Å²) in [5.74, 6) is 0.842. The zero-order valence-electron chi connectivity index (χ0n) is 10.2. The van der Waals surface area contributed by atoms with Gasteiger partial charge in [0.1, 0.15) is 17.9 Å². The summed E-state index contributed by atoms with van der Waals surface area (Å²) in [7, 11) is 0. The maximum atomic E-state index is 9.97. The lowest BCUT2D eigenvalue weighted by Crippen LogP contribution is -2.60. The van der Waals surface area contributed by atoms with E-state index in [1.807, 2.05) is 6.26 Å². The molecule has 2 aliphatic heterocycles. The maximum Gasteiger partial charge on any atom is 0.191 e. The number of rotatable bonds is 1. The van der Waals surface area contributed by atoms with Crippen LogP contribution >= 0.6 is 11.8 Å². The predicted octanol–water partition coefficient (Wildman–Crippen LogP) is -0.935. The highest BCUT2D eigenvalue weighted by Crippen LogP contribution is 2.35. The molecule has 4 atom stereocenters. The van der Waals surface area contributed by atoms with Gasteiger partial charge in [-0.15, -0.1) is 0 Å². The van der Waals surface area contributed by atoms with Crippen molar-refractivity contribution >= 4 is 29.1 Å². The fourth-order valence-corrected chi connectivity index (χ4v) is 2.58. The van der Waals surface area contributed by atoms with Crippen molar-refractivity contribution in [2.45, 2.75) is 29.6 Å². The molecule has 19 heavy (non-hydrogen) atoms. The quantitative estimate of drug-likeness (QED) is 0.328. The molecule has 0 bridgehead atoms. The molecule has 0 aliphatic carbocycles. The third-order valence-corrected chi connectivity index (χ3v) is 3.77. The maximum absolute atomic E-state index is 9.97. The molecule has 1 aromatic rings. The van der Waals surface area contributed by atoms with Gasteiger partial charge in [0.2, 0.25) is 0 Å². The molecule has 1 aromatic heterocycles. The zero-order chi connectivity index (χ0) is 13.6. The standard InChI is InChI=1S/C10H15N5O3S/c1-19-10-13-7(11)5-8(15-10)14-9-4(12-5)6(17)3(16)2-18-9/h3-4,6,9,12,16-17H,2H2,1H3,(H3,11,13,14,15)/t3-,4+,6-,9-/m1/s1. The average Bonchev–Trinajstić information content (AvgIpc) is 2.41. The van der Waals surface area contributed by atoms with Crippen LogP contribution < -0.4 is 16.4 Å². The molecule has 0 spiro atoms. The third-order valence-electron chi connectivity index (χ3n) is 3.22. The molecule has 8 nitrogen and oxygen atoms in total. The summed E-state index contributed by atoms with van der Waals surface area (Å²) in [5, 5.41) is 26.2. The van der Waals surface area contributed by atoms with E-state index in [4.69, 9.17) is 10.5 Å². The minimum Gasteiger partial charge on any atom is -0.388 e. The number of aliphatic hydroxyl groups is 2. The fourth-order valence-electron chi connectivity index (χ4n) is 2.21. The van der Waals surface area contributed by atoms with Crippen molar-refractivity contribution in [2.75, 3.05) is 29.2 Å². The van der Waals surface area contributed by atoms with Crippen LogP contribution in [0.2, 0.25) is 0 Å². The number of aliphatic hydroxyl groups excluding tert-OH is 2. The van der Waals surface area contributed by atoms with Gasteiger partial charge in [0.15, 0.2) is 23.0 Å². The molecule has 104 valence electrons. The highest BCUT2D eigenvalue weighted by Gasteiger charge is 2.42. The van der Waals surface area contributed by atoms with Crippen LogP contribution in [0.4, 0.5) is 17.3 Å².